The molecule has 1 aliphatic rings. The third kappa shape index (κ3) is 6.72. The van der Waals surface area contributed by atoms with E-state index in [1.807, 2.05) is 12.1 Å². The molecule has 2 nitrogen and oxygen atoms in total. The SMILES string of the molecule is CCCCCCC1CC=C(c2ccc3cc(OC(=O)CCCCC)ccc3c2)CC1. The number of rotatable bonds is 11. The van der Waals surface area contributed by atoms with E-state index in [1.54, 1.807) is 0 Å². The van der Waals surface area contributed by atoms with Crippen LogP contribution in [0, 0.1) is 5.92 Å². The van der Waals surface area contributed by atoms with Crippen LogP contribution in [0.5, 0.6) is 5.75 Å². The first-order valence-electron chi connectivity index (χ1n) is 12.1. The molecule has 1 aliphatic carbocycles. The maximum Gasteiger partial charge on any atom is 0.311 e. The van der Waals surface area contributed by atoms with Crippen molar-refractivity contribution >= 4 is 22.3 Å². The molecule has 2 aromatic carbocycles. The number of ether oxygens (including phenoxy) is 1. The van der Waals surface area contributed by atoms with Gasteiger partial charge in [0.05, 0.1) is 0 Å². The summed E-state index contributed by atoms with van der Waals surface area (Å²) < 4.78 is 5.52. The Morgan fingerprint density at radius 2 is 1.70 bits per heavy atom. The number of fused-ring (bicyclic) bond motifs is 1. The van der Waals surface area contributed by atoms with Gasteiger partial charge in [-0.25, -0.2) is 0 Å². The monoisotopic (exact) mass is 406 g/mol. The molecular formula is C28H38O2. The van der Waals surface area contributed by atoms with Crippen LogP contribution in [0.4, 0.5) is 0 Å². The summed E-state index contributed by atoms with van der Waals surface area (Å²) in [6.45, 7) is 4.42. The summed E-state index contributed by atoms with van der Waals surface area (Å²) in [5, 5.41) is 2.34. The third-order valence-electron chi connectivity index (χ3n) is 6.38. The highest BCUT2D eigenvalue weighted by atomic mass is 16.5. The van der Waals surface area contributed by atoms with Crippen LogP contribution < -0.4 is 4.74 Å². The van der Waals surface area contributed by atoms with E-state index in [-0.39, 0.29) is 5.97 Å². The maximum absolute atomic E-state index is 12.0. The van der Waals surface area contributed by atoms with Gasteiger partial charge < -0.3 is 4.74 Å². The van der Waals surface area contributed by atoms with Gasteiger partial charge in [-0.15, -0.1) is 0 Å². The van der Waals surface area contributed by atoms with Crippen molar-refractivity contribution in [3.63, 3.8) is 0 Å². The number of carbonyl (C=O) groups is 1. The van der Waals surface area contributed by atoms with E-state index in [1.165, 1.54) is 67.9 Å². The van der Waals surface area contributed by atoms with E-state index < -0.39 is 0 Å². The van der Waals surface area contributed by atoms with Crippen LogP contribution in [-0.4, -0.2) is 5.97 Å². The zero-order valence-electron chi connectivity index (χ0n) is 18.9. The Kier molecular flexibility index (Phi) is 8.99. The molecule has 2 aromatic rings. The van der Waals surface area contributed by atoms with Gasteiger partial charge >= 0.3 is 5.97 Å². The van der Waals surface area contributed by atoms with Gasteiger partial charge in [0, 0.05) is 6.42 Å². The molecule has 0 spiro atoms. The molecule has 0 heterocycles. The Bertz CT molecular complexity index is 849. The second-order valence-corrected chi connectivity index (χ2v) is 8.87. The van der Waals surface area contributed by atoms with Crippen LogP contribution in [0.3, 0.4) is 0 Å². The fourth-order valence-electron chi connectivity index (χ4n) is 4.46. The Morgan fingerprint density at radius 1 is 0.933 bits per heavy atom. The summed E-state index contributed by atoms with van der Waals surface area (Å²) in [6.07, 6.45) is 16.7. The fraction of sp³-hybridized carbons (Fsp3) is 0.536. The standard InChI is InChI=1S/C28H38O2/c1-3-5-7-9-10-22-12-14-23(15-13-22)24-16-17-26-21-27(19-18-25(26)20-24)30-28(29)11-8-6-4-2/h14,16-22H,3-13,15H2,1-2H3. The lowest BCUT2D eigenvalue weighted by molar-refractivity contribution is -0.134. The van der Waals surface area contributed by atoms with Gasteiger partial charge in [0.25, 0.3) is 0 Å². The Morgan fingerprint density at radius 3 is 2.47 bits per heavy atom. The van der Waals surface area contributed by atoms with Crippen molar-refractivity contribution in [2.45, 2.75) is 90.9 Å². The molecule has 0 fully saturated rings. The normalized spacial score (nSPS) is 16.5. The molecule has 0 amide bonds. The van der Waals surface area contributed by atoms with Crippen LogP contribution in [0.25, 0.3) is 16.3 Å². The molecule has 0 saturated carbocycles. The predicted molar refractivity (Wildman–Crippen MR) is 128 cm³/mol. The van der Waals surface area contributed by atoms with E-state index in [2.05, 4.69) is 44.2 Å². The van der Waals surface area contributed by atoms with Gasteiger partial charge in [-0.2, -0.15) is 0 Å². The summed E-state index contributed by atoms with van der Waals surface area (Å²) in [6, 6.07) is 12.7. The number of esters is 1. The van der Waals surface area contributed by atoms with Gasteiger partial charge in [0.2, 0.25) is 0 Å². The number of carbonyl (C=O) groups excluding carboxylic acids is 1. The van der Waals surface area contributed by atoms with Crippen LogP contribution in [0.15, 0.2) is 42.5 Å². The molecule has 0 N–H and O–H groups in total. The smallest absolute Gasteiger partial charge is 0.311 e. The summed E-state index contributed by atoms with van der Waals surface area (Å²) in [5.41, 5.74) is 2.84. The molecule has 0 aliphatic heterocycles. The number of allylic oxidation sites excluding steroid dienone is 2. The van der Waals surface area contributed by atoms with E-state index in [0.29, 0.717) is 12.2 Å². The molecule has 3 rings (SSSR count). The molecular weight excluding hydrogens is 368 g/mol. The number of hydrogen-bond donors (Lipinski definition) is 0. The Balaban J connectivity index is 1.58. The summed E-state index contributed by atoms with van der Waals surface area (Å²) >= 11 is 0. The van der Waals surface area contributed by atoms with Crippen LogP contribution in [0.2, 0.25) is 0 Å². The zero-order chi connectivity index (χ0) is 21.2. The molecule has 2 heteroatoms. The minimum Gasteiger partial charge on any atom is -0.427 e. The molecule has 162 valence electrons. The molecule has 1 atom stereocenters. The van der Waals surface area contributed by atoms with Crippen molar-refractivity contribution in [1.82, 2.24) is 0 Å². The lowest BCUT2D eigenvalue weighted by Crippen LogP contribution is -2.07. The van der Waals surface area contributed by atoms with E-state index in [4.69, 9.17) is 4.74 Å². The van der Waals surface area contributed by atoms with E-state index >= 15 is 0 Å². The molecule has 1 unspecified atom stereocenters. The van der Waals surface area contributed by atoms with Gasteiger partial charge in [0.15, 0.2) is 0 Å². The Hall–Kier alpha value is -2.09. The minimum absolute atomic E-state index is 0.129. The average Bonchev–Trinajstić information content (AvgIpc) is 2.77. The first-order valence-corrected chi connectivity index (χ1v) is 12.1. The van der Waals surface area contributed by atoms with Crippen LogP contribution in [0.1, 0.15) is 96.5 Å². The summed E-state index contributed by atoms with van der Waals surface area (Å²) in [4.78, 5) is 12.0. The van der Waals surface area contributed by atoms with Crippen molar-refractivity contribution in [1.29, 1.82) is 0 Å². The van der Waals surface area contributed by atoms with Crippen molar-refractivity contribution in [3.05, 3.63) is 48.0 Å². The summed E-state index contributed by atoms with van der Waals surface area (Å²) in [5.74, 6) is 1.40. The van der Waals surface area contributed by atoms with Crippen molar-refractivity contribution in [2.75, 3.05) is 0 Å². The topological polar surface area (TPSA) is 26.3 Å². The number of benzene rings is 2. The van der Waals surface area contributed by atoms with Crippen molar-refractivity contribution < 1.29 is 9.53 Å². The highest BCUT2D eigenvalue weighted by Crippen LogP contribution is 2.34. The number of hydrogen-bond acceptors (Lipinski definition) is 2. The van der Waals surface area contributed by atoms with E-state index in [0.717, 1.165) is 30.6 Å². The largest absolute Gasteiger partial charge is 0.427 e. The van der Waals surface area contributed by atoms with Crippen LogP contribution >= 0.6 is 0 Å². The molecule has 0 bridgehead atoms. The predicted octanol–water partition coefficient (Wildman–Crippen LogP) is 8.48. The highest BCUT2D eigenvalue weighted by molar-refractivity contribution is 5.88. The molecule has 0 aromatic heterocycles. The maximum atomic E-state index is 12.0. The summed E-state index contributed by atoms with van der Waals surface area (Å²) in [7, 11) is 0. The number of unbranched alkanes of at least 4 members (excludes halogenated alkanes) is 5. The molecule has 0 radical (unpaired) electrons. The second kappa shape index (κ2) is 11.9. The van der Waals surface area contributed by atoms with Gasteiger partial charge in [0.1, 0.15) is 5.75 Å². The van der Waals surface area contributed by atoms with Crippen LogP contribution in [-0.2, 0) is 4.79 Å². The average molecular weight is 407 g/mol. The van der Waals surface area contributed by atoms with Gasteiger partial charge in [-0.3, -0.25) is 4.79 Å². The zero-order valence-corrected chi connectivity index (χ0v) is 18.9. The van der Waals surface area contributed by atoms with E-state index in [9.17, 15) is 4.79 Å². The lowest BCUT2D eigenvalue weighted by Gasteiger charge is -2.22. The first-order chi connectivity index (χ1) is 14.7. The lowest BCUT2D eigenvalue weighted by atomic mass is 9.83. The fourth-order valence-corrected chi connectivity index (χ4v) is 4.46. The second-order valence-electron chi connectivity index (χ2n) is 8.87. The third-order valence-corrected chi connectivity index (χ3v) is 6.38. The molecule has 0 saturated heterocycles. The highest BCUT2D eigenvalue weighted by Gasteiger charge is 2.15. The quantitative estimate of drug-likeness (QED) is 0.212. The van der Waals surface area contributed by atoms with Gasteiger partial charge in [-0.05, 0) is 71.7 Å². The molecule has 30 heavy (non-hydrogen) atoms. The van der Waals surface area contributed by atoms with Crippen molar-refractivity contribution in [3.8, 4) is 5.75 Å². The minimum atomic E-state index is -0.129. The van der Waals surface area contributed by atoms with Gasteiger partial charge in [-0.1, -0.05) is 83.1 Å². The first kappa shape index (κ1) is 22.6. The van der Waals surface area contributed by atoms with Crippen molar-refractivity contribution in [2.24, 2.45) is 5.92 Å². The Labute approximate surface area is 182 Å².